The Hall–Kier alpha value is -4.45. The Morgan fingerprint density at radius 3 is 2.30 bits per heavy atom. The van der Waals surface area contributed by atoms with Crippen molar-refractivity contribution < 1.29 is 14.0 Å². The van der Waals surface area contributed by atoms with Crippen LogP contribution in [-0.2, 0) is 17.9 Å². The summed E-state index contributed by atoms with van der Waals surface area (Å²) in [6.45, 7) is 8.02. The standard InChI is InChI=1S/C31H30N2O4/c1-4-16-32(31(36)25-13-10-22(2)11-14-25)20-29(34)33(18-24-8-6-5-7-9-24)19-26-21-37-28-15-12-23(3)17-27(28)30(26)35/h4-15,17,21H,1,16,18-20H2,2-3H3. The van der Waals surface area contributed by atoms with Crippen molar-refractivity contribution in [3.8, 4) is 0 Å². The van der Waals surface area contributed by atoms with Gasteiger partial charge in [-0.2, -0.15) is 0 Å². The van der Waals surface area contributed by atoms with Gasteiger partial charge in [0.05, 0.1) is 23.8 Å². The molecule has 4 rings (SSSR count). The zero-order valence-electron chi connectivity index (χ0n) is 21.1. The number of aryl methyl sites for hydroxylation is 2. The first-order valence-corrected chi connectivity index (χ1v) is 12.2. The number of hydrogen-bond acceptors (Lipinski definition) is 4. The summed E-state index contributed by atoms with van der Waals surface area (Å²) >= 11 is 0. The van der Waals surface area contributed by atoms with Gasteiger partial charge < -0.3 is 14.2 Å². The predicted octanol–water partition coefficient (Wildman–Crippen LogP) is 5.27. The molecule has 0 unspecified atom stereocenters. The Bertz CT molecular complexity index is 1470. The molecule has 0 atom stereocenters. The van der Waals surface area contributed by atoms with Crippen molar-refractivity contribution in [3.63, 3.8) is 0 Å². The third-order valence-electron chi connectivity index (χ3n) is 6.19. The van der Waals surface area contributed by atoms with E-state index in [2.05, 4.69) is 6.58 Å². The monoisotopic (exact) mass is 494 g/mol. The molecule has 0 aliphatic rings. The van der Waals surface area contributed by atoms with E-state index >= 15 is 0 Å². The molecular formula is C31H30N2O4. The molecule has 188 valence electrons. The Morgan fingerprint density at radius 2 is 1.59 bits per heavy atom. The van der Waals surface area contributed by atoms with E-state index in [1.165, 1.54) is 11.2 Å². The highest BCUT2D eigenvalue weighted by molar-refractivity contribution is 5.96. The van der Waals surface area contributed by atoms with Crippen molar-refractivity contribution in [2.45, 2.75) is 26.9 Å². The van der Waals surface area contributed by atoms with Crippen LogP contribution in [0.3, 0.4) is 0 Å². The Kier molecular flexibility index (Phi) is 7.98. The largest absolute Gasteiger partial charge is 0.464 e. The summed E-state index contributed by atoms with van der Waals surface area (Å²) in [6.07, 6.45) is 3.02. The number of carbonyl (C=O) groups excluding carboxylic acids is 2. The molecule has 0 aliphatic carbocycles. The molecule has 6 nitrogen and oxygen atoms in total. The van der Waals surface area contributed by atoms with Crippen molar-refractivity contribution >= 4 is 22.8 Å². The smallest absolute Gasteiger partial charge is 0.254 e. The van der Waals surface area contributed by atoms with E-state index in [1.807, 2.05) is 62.4 Å². The SMILES string of the molecule is C=CCN(CC(=O)N(Cc1ccccc1)Cc1coc2ccc(C)cc2c1=O)C(=O)c1ccc(C)cc1. The van der Waals surface area contributed by atoms with Crippen LogP contribution < -0.4 is 5.43 Å². The maximum absolute atomic E-state index is 13.6. The first-order chi connectivity index (χ1) is 17.9. The summed E-state index contributed by atoms with van der Waals surface area (Å²) in [5.41, 5.74) is 4.11. The normalized spacial score (nSPS) is 10.8. The third-order valence-corrected chi connectivity index (χ3v) is 6.19. The fourth-order valence-corrected chi connectivity index (χ4v) is 4.15. The second-order valence-corrected chi connectivity index (χ2v) is 9.17. The summed E-state index contributed by atoms with van der Waals surface area (Å²) in [5, 5.41) is 0.479. The number of amides is 2. The number of carbonyl (C=O) groups is 2. The van der Waals surface area contributed by atoms with E-state index < -0.39 is 0 Å². The highest BCUT2D eigenvalue weighted by atomic mass is 16.3. The Morgan fingerprint density at radius 1 is 0.892 bits per heavy atom. The molecule has 0 fully saturated rings. The van der Waals surface area contributed by atoms with Crippen LogP contribution in [0.25, 0.3) is 11.0 Å². The van der Waals surface area contributed by atoms with Crippen molar-refractivity contribution in [1.82, 2.24) is 9.80 Å². The zero-order chi connectivity index (χ0) is 26.4. The molecule has 0 N–H and O–H groups in total. The van der Waals surface area contributed by atoms with Crippen molar-refractivity contribution in [2.75, 3.05) is 13.1 Å². The molecule has 2 amide bonds. The second kappa shape index (κ2) is 11.5. The minimum Gasteiger partial charge on any atom is -0.464 e. The van der Waals surface area contributed by atoms with Gasteiger partial charge in [0.15, 0.2) is 5.43 Å². The molecule has 0 spiro atoms. The van der Waals surface area contributed by atoms with Gasteiger partial charge in [-0.1, -0.05) is 65.7 Å². The minimum absolute atomic E-state index is 0.0561. The van der Waals surface area contributed by atoms with Gasteiger partial charge in [-0.3, -0.25) is 14.4 Å². The highest BCUT2D eigenvalue weighted by Gasteiger charge is 2.23. The van der Waals surface area contributed by atoms with Crippen LogP contribution >= 0.6 is 0 Å². The summed E-state index contributed by atoms with van der Waals surface area (Å²) in [7, 11) is 0. The van der Waals surface area contributed by atoms with Gasteiger partial charge in [-0.15, -0.1) is 6.58 Å². The van der Waals surface area contributed by atoms with Crippen LogP contribution in [0.2, 0.25) is 0 Å². The molecule has 0 saturated heterocycles. The lowest BCUT2D eigenvalue weighted by Crippen LogP contribution is -2.43. The molecule has 0 saturated carbocycles. The lowest BCUT2D eigenvalue weighted by molar-refractivity contribution is -0.133. The lowest BCUT2D eigenvalue weighted by atomic mass is 10.1. The summed E-state index contributed by atoms with van der Waals surface area (Å²) in [4.78, 5) is 43.1. The molecule has 37 heavy (non-hydrogen) atoms. The van der Waals surface area contributed by atoms with E-state index in [1.54, 1.807) is 35.2 Å². The third kappa shape index (κ3) is 6.22. The number of fused-ring (bicyclic) bond motifs is 1. The molecule has 0 bridgehead atoms. The summed E-state index contributed by atoms with van der Waals surface area (Å²) in [6, 6.07) is 22.2. The molecule has 1 aromatic heterocycles. The van der Waals surface area contributed by atoms with Crippen LogP contribution in [0.1, 0.15) is 32.6 Å². The lowest BCUT2D eigenvalue weighted by Gasteiger charge is -2.27. The van der Waals surface area contributed by atoms with Crippen molar-refractivity contribution in [2.24, 2.45) is 0 Å². The van der Waals surface area contributed by atoms with Crippen LogP contribution in [-0.4, -0.2) is 34.7 Å². The first-order valence-electron chi connectivity index (χ1n) is 12.2. The van der Waals surface area contributed by atoms with Gasteiger partial charge in [-0.05, 0) is 43.7 Å². The van der Waals surface area contributed by atoms with Gasteiger partial charge >= 0.3 is 0 Å². The number of hydrogen-bond donors (Lipinski definition) is 0. The van der Waals surface area contributed by atoms with Gasteiger partial charge in [-0.25, -0.2) is 0 Å². The van der Waals surface area contributed by atoms with E-state index in [0.717, 1.165) is 16.7 Å². The van der Waals surface area contributed by atoms with E-state index in [-0.39, 0.29) is 43.4 Å². The van der Waals surface area contributed by atoms with Gasteiger partial charge in [0.2, 0.25) is 5.91 Å². The maximum atomic E-state index is 13.6. The summed E-state index contributed by atoms with van der Waals surface area (Å²) < 4.78 is 5.72. The zero-order valence-corrected chi connectivity index (χ0v) is 21.1. The average Bonchev–Trinajstić information content (AvgIpc) is 2.90. The number of rotatable bonds is 9. The number of benzene rings is 3. The average molecular weight is 495 g/mol. The molecule has 6 heteroatoms. The fraction of sp³-hybridized carbons (Fsp3) is 0.194. The maximum Gasteiger partial charge on any atom is 0.254 e. The molecule has 0 radical (unpaired) electrons. The molecule has 4 aromatic rings. The quantitative estimate of drug-likeness (QED) is 0.297. The van der Waals surface area contributed by atoms with Crippen LogP contribution in [0.4, 0.5) is 0 Å². The van der Waals surface area contributed by atoms with Crippen LogP contribution in [0.5, 0.6) is 0 Å². The summed E-state index contributed by atoms with van der Waals surface area (Å²) in [5.74, 6) is -0.538. The topological polar surface area (TPSA) is 70.8 Å². The molecule has 0 aliphatic heterocycles. The molecular weight excluding hydrogens is 464 g/mol. The Balaban J connectivity index is 1.63. The van der Waals surface area contributed by atoms with E-state index in [4.69, 9.17) is 4.42 Å². The van der Waals surface area contributed by atoms with E-state index in [0.29, 0.717) is 22.1 Å². The second-order valence-electron chi connectivity index (χ2n) is 9.17. The molecule has 3 aromatic carbocycles. The fourth-order valence-electron chi connectivity index (χ4n) is 4.15. The van der Waals surface area contributed by atoms with Gasteiger partial charge in [0, 0.05) is 18.7 Å². The first kappa shape index (κ1) is 25.6. The van der Waals surface area contributed by atoms with Crippen molar-refractivity contribution in [3.05, 3.63) is 130 Å². The van der Waals surface area contributed by atoms with E-state index in [9.17, 15) is 14.4 Å². The highest BCUT2D eigenvalue weighted by Crippen LogP contribution is 2.16. The Labute approximate surface area is 216 Å². The molecule has 1 heterocycles. The number of nitrogens with zero attached hydrogens (tertiary/aromatic N) is 2. The van der Waals surface area contributed by atoms with Gasteiger partial charge in [0.25, 0.3) is 5.91 Å². The van der Waals surface area contributed by atoms with Crippen LogP contribution in [0, 0.1) is 13.8 Å². The van der Waals surface area contributed by atoms with Crippen LogP contribution in [0.15, 0.2) is 101 Å². The van der Waals surface area contributed by atoms with Gasteiger partial charge in [0.1, 0.15) is 12.1 Å². The minimum atomic E-state index is -0.282. The van der Waals surface area contributed by atoms with Crippen molar-refractivity contribution in [1.29, 1.82) is 0 Å². The predicted molar refractivity (Wildman–Crippen MR) is 145 cm³/mol.